The smallest absolute Gasteiger partial charge is 0.160 e. The highest BCUT2D eigenvalue weighted by Crippen LogP contribution is 2.81. The van der Waals surface area contributed by atoms with Crippen molar-refractivity contribution in [3.63, 3.8) is 0 Å². The summed E-state index contributed by atoms with van der Waals surface area (Å²) in [5.74, 6) is 3.89. The lowest BCUT2D eigenvalue weighted by molar-refractivity contribution is 0.453. The number of para-hydroxylation sites is 4. The molecule has 2 aliphatic rings. The molecule has 9 aromatic carbocycles. The Hall–Kier alpha value is -7.64. The van der Waals surface area contributed by atoms with Crippen molar-refractivity contribution in [1.82, 2.24) is 9.97 Å². The van der Waals surface area contributed by atoms with E-state index in [1.54, 1.807) is 0 Å². The number of rotatable bonds is 7. The second-order valence-corrected chi connectivity index (χ2v) is 21.8. The summed E-state index contributed by atoms with van der Waals surface area (Å²) in [5, 5.41) is 0. The van der Waals surface area contributed by atoms with Crippen LogP contribution in [-0.2, 0) is 0 Å². The topological polar surface area (TPSA) is 44.2 Å². The molecule has 0 amide bonds. The van der Waals surface area contributed by atoms with E-state index in [4.69, 9.17) is 19.4 Å². The van der Waals surface area contributed by atoms with Crippen LogP contribution in [-0.4, -0.2) is 9.97 Å². The van der Waals surface area contributed by atoms with Gasteiger partial charge in [-0.3, -0.25) is 0 Å². The van der Waals surface area contributed by atoms with Crippen molar-refractivity contribution in [3.8, 4) is 56.9 Å². The largest absolute Gasteiger partial charge is 0.454 e. The van der Waals surface area contributed by atoms with Crippen molar-refractivity contribution in [3.05, 3.63) is 243 Å². The third-order valence-electron chi connectivity index (χ3n) is 12.1. The van der Waals surface area contributed by atoms with Gasteiger partial charge in [0.25, 0.3) is 0 Å². The summed E-state index contributed by atoms with van der Waals surface area (Å²) in [4.78, 5) is 20.3. The Bertz CT molecular complexity index is 3050. The van der Waals surface area contributed by atoms with Gasteiger partial charge >= 0.3 is 0 Å². The Morgan fingerprint density at radius 2 is 0.625 bits per heavy atom. The van der Waals surface area contributed by atoms with Crippen molar-refractivity contribution in [2.45, 2.75) is 39.2 Å². The third-order valence-corrected chi connectivity index (χ3v) is 20.0. The zero-order chi connectivity index (χ0) is 42.5. The first-order chi connectivity index (χ1) is 31.7. The normalized spacial score (nSPS) is 14.8. The number of hydrogen-bond acceptors (Lipinski definition) is 4. The molecule has 4 nitrogen and oxygen atoms in total. The summed E-state index contributed by atoms with van der Waals surface area (Å²) in [6, 6.07) is 86.1. The maximum atomic E-state index is 7.15. The van der Waals surface area contributed by atoms with Gasteiger partial charge in [0, 0.05) is 55.9 Å². The van der Waals surface area contributed by atoms with Crippen LogP contribution in [0.1, 0.15) is 0 Å². The van der Waals surface area contributed by atoms with Gasteiger partial charge in [0.2, 0.25) is 0 Å². The molecule has 0 fully saturated rings. The Balaban J connectivity index is 1.13. The van der Waals surface area contributed by atoms with E-state index in [0.717, 1.165) is 60.9 Å². The number of hydrogen-bond donors (Lipinski definition) is 0. The predicted octanol–water partition coefficient (Wildman–Crippen LogP) is 16.4. The van der Waals surface area contributed by atoms with Crippen molar-refractivity contribution in [2.75, 3.05) is 0 Å². The van der Waals surface area contributed by atoms with Gasteiger partial charge < -0.3 is 9.47 Å². The molecule has 306 valence electrons. The average molecular weight is 861 g/mol. The average Bonchev–Trinajstić information content (AvgIpc) is 3.38. The van der Waals surface area contributed by atoms with Crippen LogP contribution in [0.2, 0.25) is 0 Å². The van der Waals surface area contributed by atoms with Crippen molar-refractivity contribution < 1.29 is 9.47 Å². The first-order valence-corrected chi connectivity index (χ1v) is 24.6. The fraction of sp³-hybridized carbons (Fsp3) is 0. The highest BCUT2D eigenvalue weighted by Gasteiger charge is 2.44. The number of ether oxygens (including phenoxy) is 2. The molecule has 12 rings (SSSR count). The molecule has 0 saturated heterocycles. The standard InChI is InChI=1S/C58H40N2O2S2/c1-6-22-41(23-7-1)58-59-48(46-32-20-38-54-56(46)61-50-34-16-18-36-52(50)63(54,42-24-8-2-9-25-42)43-26-10-3-11-27-43)40-49(60-58)47-33-21-39-55-57(47)62-51-35-17-19-37-53(51)64(55,44-28-12-4-13-29-44)45-30-14-5-15-31-45/h1-40H. The van der Waals surface area contributed by atoms with Gasteiger partial charge in [0.05, 0.1) is 11.4 Å². The van der Waals surface area contributed by atoms with Crippen LogP contribution >= 0.6 is 20.1 Å². The molecule has 0 radical (unpaired) electrons. The van der Waals surface area contributed by atoms with Gasteiger partial charge in [-0.25, -0.2) is 9.97 Å². The van der Waals surface area contributed by atoms with E-state index >= 15 is 0 Å². The molecule has 0 atom stereocenters. The van der Waals surface area contributed by atoms with Crippen LogP contribution in [0.25, 0.3) is 33.9 Å². The highest BCUT2D eigenvalue weighted by molar-refractivity contribution is 8.34. The molecule has 2 aliphatic heterocycles. The SMILES string of the molecule is c1ccc(-c2nc(-c3cccc4c3Oc3ccccc3S4(c3ccccc3)c3ccccc3)cc(-c3cccc4c3Oc3ccccc3S4(c3ccccc3)c3ccccc3)n2)cc1. The van der Waals surface area contributed by atoms with Crippen LogP contribution in [0.3, 0.4) is 0 Å². The summed E-state index contributed by atoms with van der Waals surface area (Å²) < 4.78 is 14.3. The monoisotopic (exact) mass is 860 g/mol. The van der Waals surface area contributed by atoms with E-state index in [1.165, 1.54) is 29.4 Å². The first kappa shape index (κ1) is 38.1. The lowest BCUT2D eigenvalue weighted by atomic mass is 10.0. The van der Waals surface area contributed by atoms with Crippen molar-refractivity contribution in [2.24, 2.45) is 0 Å². The summed E-state index contributed by atoms with van der Waals surface area (Å²) in [7, 11) is -4.04. The minimum Gasteiger partial charge on any atom is -0.454 e. The van der Waals surface area contributed by atoms with Gasteiger partial charge in [-0.05, 0) is 103 Å². The maximum Gasteiger partial charge on any atom is 0.160 e. The number of nitrogens with zero attached hydrogens (tertiary/aromatic N) is 2. The molecule has 10 aromatic rings. The first-order valence-electron chi connectivity index (χ1n) is 21.4. The van der Waals surface area contributed by atoms with Gasteiger partial charge in [-0.1, -0.05) is 140 Å². The lowest BCUT2D eigenvalue weighted by Crippen LogP contribution is -2.13. The van der Waals surface area contributed by atoms with Crippen molar-refractivity contribution in [1.29, 1.82) is 0 Å². The minimum absolute atomic E-state index is 0.616. The molecule has 6 heteroatoms. The second-order valence-electron chi connectivity index (χ2n) is 15.7. The molecular weight excluding hydrogens is 821 g/mol. The zero-order valence-corrected chi connectivity index (χ0v) is 36.3. The number of fused-ring (bicyclic) bond motifs is 4. The van der Waals surface area contributed by atoms with Crippen LogP contribution < -0.4 is 9.47 Å². The molecule has 0 saturated carbocycles. The number of benzene rings is 9. The van der Waals surface area contributed by atoms with Crippen LogP contribution in [0.15, 0.2) is 282 Å². The van der Waals surface area contributed by atoms with E-state index in [0.29, 0.717) is 5.82 Å². The minimum atomic E-state index is -2.02. The Morgan fingerprint density at radius 1 is 0.297 bits per heavy atom. The molecule has 0 unspecified atom stereocenters. The molecule has 0 N–H and O–H groups in total. The van der Waals surface area contributed by atoms with E-state index in [-0.39, 0.29) is 0 Å². The maximum absolute atomic E-state index is 7.15. The van der Waals surface area contributed by atoms with Gasteiger partial charge in [-0.15, -0.1) is 20.1 Å². The second kappa shape index (κ2) is 15.6. The summed E-state index contributed by atoms with van der Waals surface area (Å²) >= 11 is 0. The lowest BCUT2D eigenvalue weighted by Gasteiger charge is -2.46. The highest BCUT2D eigenvalue weighted by atomic mass is 32.3. The Labute approximate surface area is 376 Å². The van der Waals surface area contributed by atoms with Crippen molar-refractivity contribution >= 4 is 20.1 Å². The van der Waals surface area contributed by atoms with E-state index in [9.17, 15) is 0 Å². The molecule has 0 bridgehead atoms. The zero-order valence-electron chi connectivity index (χ0n) is 34.6. The number of aromatic nitrogens is 2. The van der Waals surface area contributed by atoms with Crippen LogP contribution in [0.4, 0.5) is 0 Å². The summed E-state index contributed by atoms with van der Waals surface area (Å²) in [6.45, 7) is 0. The quantitative estimate of drug-likeness (QED) is 0.160. The predicted molar refractivity (Wildman–Crippen MR) is 258 cm³/mol. The molecular formula is C58H40N2O2S2. The van der Waals surface area contributed by atoms with E-state index in [1.807, 2.05) is 18.2 Å². The van der Waals surface area contributed by atoms with Crippen LogP contribution in [0.5, 0.6) is 23.0 Å². The van der Waals surface area contributed by atoms with Gasteiger partial charge in [0.1, 0.15) is 23.0 Å². The van der Waals surface area contributed by atoms with Crippen LogP contribution in [0, 0.1) is 0 Å². The van der Waals surface area contributed by atoms with E-state index < -0.39 is 20.1 Å². The molecule has 0 aliphatic carbocycles. The molecule has 0 spiro atoms. The Morgan fingerprint density at radius 3 is 1.02 bits per heavy atom. The summed E-state index contributed by atoms with van der Waals surface area (Å²) in [6.07, 6.45) is 0. The summed E-state index contributed by atoms with van der Waals surface area (Å²) in [5.41, 5.74) is 4.21. The fourth-order valence-corrected chi connectivity index (χ4v) is 17.5. The fourth-order valence-electron chi connectivity index (χ4n) is 9.39. The molecule has 3 heterocycles. The molecule has 1 aromatic heterocycles. The van der Waals surface area contributed by atoms with Gasteiger partial charge in [0.15, 0.2) is 5.82 Å². The Kier molecular flexibility index (Phi) is 9.29. The molecule has 64 heavy (non-hydrogen) atoms. The van der Waals surface area contributed by atoms with Gasteiger partial charge in [-0.2, -0.15) is 0 Å². The third kappa shape index (κ3) is 5.87. The van der Waals surface area contributed by atoms with E-state index in [2.05, 4.69) is 224 Å².